The summed E-state index contributed by atoms with van der Waals surface area (Å²) < 4.78 is 0.865. The first kappa shape index (κ1) is 24.2. The number of urea groups is 1. The standard InChI is InChI=1S/C28H27BrN8O/c1-35-11-13-36(14-12-35)21-9-10-23-25(16-21)32-27(31-23)26-17-24(33-34-26)18-5-7-20(8-6-18)37(28(30)38)22-4-2-3-19(29)15-22/h2-10,15-17H,11-14H2,1H3,(H2,30,38)(H,31,32)(H,33,34). The molecule has 4 N–H and O–H groups in total. The van der Waals surface area contributed by atoms with Gasteiger partial charge in [0.05, 0.1) is 28.1 Å². The van der Waals surface area contributed by atoms with Crippen molar-refractivity contribution < 1.29 is 4.79 Å². The van der Waals surface area contributed by atoms with Crippen LogP contribution in [0.2, 0.25) is 0 Å². The molecule has 1 aliphatic rings. The predicted octanol–water partition coefficient (Wildman–Crippen LogP) is 5.35. The average Bonchev–Trinajstić information content (AvgIpc) is 3.57. The highest BCUT2D eigenvalue weighted by Gasteiger charge is 2.18. The minimum atomic E-state index is -0.555. The van der Waals surface area contributed by atoms with Crippen molar-refractivity contribution >= 4 is 50.1 Å². The van der Waals surface area contributed by atoms with Crippen LogP contribution in [0, 0.1) is 0 Å². The quantitative estimate of drug-likeness (QED) is 0.264. The molecule has 0 unspecified atom stereocenters. The van der Waals surface area contributed by atoms with Crippen LogP contribution in [-0.2, 0) is 0 Å². The number of hydrogen-bond acceptors (Lipinski definition) is 5. The molecule has 10 heteroatoms. The van der Waals surface area contributed by atoms with Gasteiger partial charge in [0.1, 0.15) is 5.69 Å². The van der Waals surface area contributed by atoms with Gasteiger partial charge >= 0.3 is 6.03 Å². The fraction of sp³-hybridized carbons (Fsp3) is 0.179. The molecule has 0 aliphatic carbocycles. The summed E-state index contributed by atoms with van der Waals surface area (Å²) in [5.41, 5.74) is 12.7. The van der Waals surface area contributed by atoms with Crippen LogP contribution in [0.15, 0.2) is 77.3 Å². The van der Waals surface area contributed by atoms with E-state index in [1.54, 1.807) is 0 Å². The number of aromatic nitrogens is 4. The molecule has 5 aromatic rings. The fourth-order valence-corrected chi connectivity index (χ4v) is 5.17. The third kappa shape index (κ3) is 4.75. The normalized spacial score (nSPS) is 14.2. The van der Waals surface area contributed by atoms with Gasteiger partial charge in [-0.15, -0.1) is 0 Å². The average molecular weight is 571 g/mol. The Balaban J connectivity index is 1.23. The molecule has 192 valence electrons. The molecule has 1 fully saturated rings. The zero-order valence-corrected chi connectivity index (χ0v) is 22.4. The molecule has 0 radical (unpaired) electrons. The second-order valence-corrected chi connectivity index (χ2v) is 10.4. The number of carbonyl (C=O) groups excluding carboxylic acids is 1. The maximum atomic E-state index is 12.2. The summed E-state index contributed by atoms with van der Waals surface area (Å²) in [6.07, 6.45) is 0. The molecule has 3 heterocycles. The lowest BCUT2D eigenvalue weighted by Crippen LogP contribution is -2.44. The van der Waals surface area contributed by atoms with Crippen LogP contribution in [0.3, 0.4) is 0 Å². The van der Waals surface area contributed by atoms with Crippen molar-refractivity contribution in [3.63, 3.8) is 0 Å². The van der Waals surface area contributed by atoms with Gasteiger partial charge in [0, 0.05) is 36.3 Å². The van der Waals surface area contributed by atoms with E-state index in [-0.39, 0.29) is 0 Å². The molecule has 0 saturated carbocycles. The second kappa shape index (κ2) is 9.96. The topological polar surface area (TPSA) is 110 Å². The van der Waals surface area contributed by atoms with Gasteiger partial charge < -0.3 is 20.5 Å². The molecule has 6 rings (SSSR count). The number of nitrogens with one attached hydrogen (secondary N) is 2. The zero-order valence-electron chi connectivity index (χ0n) is 20.9. The second-order valence-electron chi connectivity index (χ2n) is 9.44. The number of piperazine rings is 1. The predicted molar refractivity (Wildman–Crippen MR) is 155 cm³/mol. The lowest BCUT2D eigenvalue weighted by molar-refractivity contribution is 0.256. The molecule has 1 saturated heterocycles. The molecule has 0 spiro atoms. The Morgan fingerprint density at radius 1 is 0.974 bits per heavy atom. The molecule has 0 atom stereocenters. The molecule has 2 aromatic heterocycles. The van der Waals surface area contributed by atoms with Crippen LogP contribution in [0.5, 0.6) is 0 Å². The number of fused-ring (bicyclic) bond motifs is 1. The van der Waals surface area contributed by atoms with Gasteiger partial charge in [-0.05, 0) is 67.2 Å². The molecule has 1 aliphatic heterocycles. The van der Waals surface area contributed by atoms with E-state index in [1.165, 1.54) is 10.6 Å². The largest absolute Gasteiger partial charge is 0.369 e. The number of amides is 2. The number of halogens is 1. The number of imidazole rings is 1. The van der Waals surface area contributed by atoms with Gasteiger partial charge in [0.15, 0.2) is 5.82 Å². The lowest BCUT2D eigenvalue weighted by Gasteiger charge is -2.34. The summed E-state index contributed by atoms with van der Waals surface area (Å²) in [4.78, 5) is 26.6. The Labute approximate surface area is 228 Å². The minimum absolute atomic E-state index is 0.555. The highest BCUT2D eigenvalue weighted by molar-refractivity contribution is 9.10. The van der Waals surface area contributed by atoms with Gasteiger partial charge in [-0.3, -0.25) is 10.00 Å². The summed E-state index contributed by atoms with van der Waals surface area (Å²) in [7, 11) is 2.16. The number of rotatable bonds is 5. The molecule has 9 nitrogen and oxygen atoms in total. The molecule has 3 aromatic carbocycles. The number of nitrogens with zero attached hydrogens (tertiary/aromatic N) is 5. The first-order valence-corrected chi connectivity index (χ1v) is 13.2. The van der Waals surface area contributed by atoms with Crippen molar-refractivity contribution in [1.82, 2.24) is 25.1 Å². The van der Waals surface area contributed by atoms with Gasteiger partial charge in [0.2, 0.25) is 0 Å². The first-order valence-electron chi connectivity index (χ1n) is 12.4. The zero-order chi connectivity index (χ0) is 26.2. The summed E-state index contributed by atoms with van der Waals surface area (Å²) in [5.74, 6) is 0.712. The number of primary amides is 1. The van der Waals surface area contributed by atoms with Gasteiger partial charge in [-0.25, -0.2) is 9.78 Å². The van der Waals surface area contributed by atoms with Crippen molar-refractivity contribution in [3.8, 4) is 22.8 Å². The summed E-state index contributed by atoms with van der Waals surface area (Å²) in [5, 5.41) is 7.61. The SMILES string of the molecule is CN1CCN(c2ccc3nc(-c4cc(-c5ccc(N(C(N)=O)c6cccc(Br)c6)cc5)[nH]n4)[nH]c3c2)CC1. The van der Waals surface area contributed by atoms with Crippen LogP contribution in [-0.4, -0.2) is 64.3 Å². The number of benzene rings is 3. The Kier molecular flexibility index (Phi) is 6.34. The number of hydrogen-bond donors (Lipinski definition) is 3. The molecular weight excluding hydrogens is 544 g/mol. The van der Waals surface area contributed by atoms with Crippen molar-refractivity contribution in [3.05, 3.63) is 77.3 Å². The summed E-state index contributed by atoms with van der Waals surface area (Å²) >= 11 is 3.45. The van der Waals surface area contributed by atoms with E-state index < -0.39 is 6.03 Å². The highest BCUT2D eigenvalue weighted by atomic mass is 79.9. The van der Waals surface area contributed by atoms with Crippen LogP contribution in [0.4, 0.5) is 21.9 Å². The van der Waals surface area contributed by atoms with E-state index in [9.17, 15) is 4.79 Å². The molecule has 2 amide bonds. The van der Waals surface area contributed by atoms with Crippen molar-refractivity contribution in [2.75, 3.05) is 43.0 Å². The maximum absolute atomic E-state index is 12.2. The maximum Gasteiger partial charge on any atom is 0.323 e. The van der Waals surface area contributed by atoms with Crippen LogP contribution in [0.25, 0.3) is 33.8 Å². The number of aromatic amines is 2. The summed E-state index contributed by atoms with van der Waals surface area (Å²) in [6, 6.07) is 22.8. The van der Waals surface area contributed by atoms with E-state index in [0.717, 1.165) is 58.6 Å². The highest BCUT2D eigenvalue weighted by Crippen LogP contribution is 2.31. The van der Waals surface area contributed by atoms with Gasteiger partial charge in [0.25, 0.3) is 0 Å². The Bertz CT molecular complexity index is 1600. The van der Waals surface area contributed by atoms with E-state index in [2.05, 4.69) is 66.2 Å². The number of carbonyl (C=O) groups is 1. The third-order valence-electron chi connectivity index (χ3n) is 6.88. The number of nitrogens with two attached hydrogens (primary N) is 1. The van der Waals surface area contributed by atoms with E-state index in [1.807, 2.05) is 54.6 Å². The van der Waals surface area contributed by atoms with Crippen LogP contribution in [0.1, 0.15) is 0 Å². The lowest BCUT2D eigenvalue weighted by atomic mass is 10.1. The number of likely N-dealkylation sites (N-methyl/N-ethyl adjacent to an activating group) is 1. The monoisotopic (exact) mass is 570 g/mol. The van der Waals surface area contributed by atoms with E-state index >= 15 is 0 Å². The molecule has 38 heavy (non-hydrogen) atoms. The van der Waals surface area contributed by atoms with E-state index in [0.29, 0.717) is 17.2 Å². The van der Waals surface area contributed by atoms with Crippen molar-refractivity contribution in [2.45, 2.75) is 0 Å². The van der Waals surface area contributed by atoms with Gasteiger partial charge in [-0.2, -0.15) is 5.10 Å². The van der Waals surface area contributed by atoms with Crippen LogP contribution >= 0.6 is 15.9 Å². The third-order valence-corrected chi connectivity index (χ3v) is 7.37. The smallest absolute Gasteiger partial charge is 0.323 e. The Morgan fingerprint density at radius 2 is 1.76 bits per heavy atom. The molecule has 0 bridgehead atoms. The Hall–Kier alpha value is -4.15. The van der Waals surface area contributed by atoms with E-state index in [4.69, 9.17) is 10.7 Å². The van der Waals surface area contributed by atoms with Crippen molar-refractivity contribution in [2.24, 2.45) is 5.73 Å². The Morgan fingerprint density at radius 3 is 2.50 bits per heavy atom. The number of anilines is 3. The van der Waals surface area contributed by atoms with Gasteiger partial charge in [-0.1, -0.05) is 34.1 Å². The van der Waals surface area contributed by atoms with Crippen LogP contribution < -0.4 is 15.5 Å². The molecular formula is C28H27BrN8O. The van der Waals surface area contributed by atoms with Crippen molar-refractivity contribution in [1.29, 1.82) is 0 Å². The first-order chi connectivity index (χ1) is 18.4. The minimum Gasteiger partial charge on any atom is -0.369 e. The summed E-state index contributed by atoms with van der Waals surface area (Å²) in [6.45, 7) is 4.16. The number of H-pyrrole nitrogens is 2. The fourth-order valence-electron chi connectivity index (χ4n) is 4.78.